The number of ether oxygens (including phenoxy) is 2. The molecule has 0 aliphatic heterocycles. The van der Waals surface area contributed by atoms with Crippen LogP contribution in [0.4, 0.5) is 18.9 Å². The molecule has 154 valence electrons. The van der Waals surface area contributed by atoms with Gasteiger partial charge in [0, 0.05) is 12.0 Å². The van der Waals surface area contributed by atoms with Gasteiger partial charge in [-0.25, -0.2) is 4.39 Å². The van der Waals surface area contributed by atoms with Crippen LogP contribution in [0, 0.1) is 5.82 Å². The summed E-state index contributed by atoms with van der Waals surface area (Å²) in [5.41, 5.74) is 0.243. The van der Waals surface area contributed by atoms with Gasteiger partial charge in [-0.2, -0.15) is 8.78 Å². The number of rotatable bonds is 9. The van der Waals surface area contributed by atoms with Gasteiger partial charge in [0.2, 0.25) is 0 Å². The van der Waals surface area contributed by atoms with Crippen LogP contribution in [0.1, 0.15) is 30.1 Å². The van der Waals surface area contributed by atoms with Gasteiger partial charge >= 0.3 is 12.6 Å². The largest absolute Gasteiger partial charge is 0.453 e. The zero-order valence-electron chi connectivity index (χ0n) is 15.4. The van der Waals surface area contributed by atoms with Crippen molar-refractivity contribution in [1.29, 1.82) is 0 Å². The van der Waals surface area contributed by atoms with Gasteiger partial charge in [-0.15, -0.1) is 0 Å². The fraction of sp³-hybridized carbons (Fsp3) is 0.250. The van der Waals surface area contributed by atoms with Crippen LogP contribution < -0.4 is 10.1 Å². The first-order valence-corrected chi connectivity index (χ1v) is 8.59. The average Bonchev–Trinajstić information content (AvgIpc) is 2.67. The molecule has 2 rings (SSSR count). The Kier molecular flexibility index (Phi) is 7.76. The Bertz CT molecular complexity index is 871. The first-order chi connectivity index (χ1) is 13.8. The smallest absolute Gasteiger partial charge is 0.387 e. The maximum Gasteiger partial charge on any atom is 0.387 e. The quantitative estimate of drug-likeness (QED) is 0.501. The Morgan fingerprint density at radius 3 is 2.31 bits per heavy atom. The molecule has 9 heteroatoms. The SMILES string of the molecule is C[C@H](OC(=O)CCC(=O)c1ccc(F)cc1)C(=O)Nc1ccccc1OC(F)F. The summed E-state index contributed by atoms with van der Waals surface area (Å²) in [5, 5.41) is 2.34. The molecule has 1 atom stereocenters. The number of para-hydroxylation sites is 2. The van der Waals surface area contributed by atoms with E-state index in [2.05, 4.69) is 10.1 Å². The molecule has 6 nitrogen and oxygen atoms in total. The minimum Gasteiger partial charge on any atom is -0.453 e. The standard InChI is InChI=1S/C20H18F3NO5/c1-12(19(27)24-15-4-2-3-5-17(15)29-20(22)23)28-18(26)11-10-16(25)13-6-8-14(21)9-7-13/h2-9,12,20H,10-11H2,1H3,(H,24,27)/t12-/m0/s1. The number of carbonyl (C=O) groups is 3. The van der Waals surface area contributed by atoms with Crippen molar-refractivity contribution in [3.8, 4) is 5.75 Å². The highest BCUT2D eigenvalue weighted by Gasteiger charge is 2.20. The number of Topliss-reactive ketones (excluding diaryl/α,β-unsaturated/α-hetero) is 1. The van der Waals surface area contributed by atoms with Crippen LogP contribution in [0.5, 0.6) is 5.75 Å². The van der Waals surface area contributed by atoms with Crippen LogP contribution in [0.2, 0.25) is 0 Å². The summed E-state index contributed by atoms with van der Waals surface area (Å²) in [7, 11) is 0. The zero-order chi connectivity index (χ0) is 21.4. The number of carbonyl (C=O) groups excluding carboxylic acids is 3. The van der Waals surface area contributed by atoms with E-state index in [0.717, 1.165) is 12.1 Å². The molecule has 0 saturated heterocycles. The van der Waals surface area contributed by atoms with Gasteiger partial charge in [0.1, 0.15) is 11.6 Å². The normalized spacial score (nSPS) is 11.6. The lowest BCUT2D eigenvalue weighted by molar-refractivity contribution is -0.153. The van der Waals surface area contributed by atoms with Gasteiger partial charge in [-0.05, 0) is 43.3 Å². The summed E-state index contributed by atoms with van der Waals surface area (Å²) >= 11 is 0. The van der Waals surface area contributed by atoms with Crippen LogP contribution in [0.15, 0.2) is 48.5 Å². The van der Waals surface area contributed by atoms with Gasteiger partial charge in [0.15, 0.2) is 11.9 Å². The highest BCUT2D eigenvalue weighted by molar-refractivity contribution is 5.98. The molecule has 0 fully saturated rings. The predicted molar refractivity (Wildman–Crippen MR) is 97.2 cm³/mol. The fourth-order valence-corrected chi connectivity index (χ4v) is 2.31. The lowest BCUT2D eigenvalue weighted by Crippen LogP contribution is -2.30. The number of anilines is 1. The Balaban J connectivity index is 1.85. The Labute approximate surface area is 164 Å². The van der Waals surface area contributed by atoms with Gasteiger partial charge < -0.3 is 14.8 Å². The number of esters is 1. The summed E-state index contributed by atoms with van der Waals surface area (Å²) in [5.74, 6) is -2.65. The molecule has 0 bridgehead atoms. The third-order valence-corrected chi connectivity index (χ3v) is 3.76. The summed E-state index contributed by atoms with van der Waals surface area (Å²) in [4.78, 5) is 36.0. The Hall–Kier alpha value is -3.36. The minimum atomic E-state index is -3.07. The van der Waals surface area contributed by atoms with Crippen LogP contribution >= 0.6 is 0 Å². The maximum atomic E-state index is 12.9. The summed E-state index contributed by atoms with van der Waals surface area (Å²) < 4.78 is 46.9. The van der Waals surface area contributed by atoms with E-state index in [0.29, 0.717) is 0 Å². The second-order valence-corrected chi connectivity index (χ2v) is 5.93. The fourth-order valence-electron chi connectivity index (χ4n) is 2.31. The van der Waals surface area contributed by atoms with Gasteiger partial charge in [-0.3, -0.25) is 14.4 Å². The van der Waals surface area contributed by atoms with E-state index in [1.807, 2.05) is 0 Å². The molecular weight excluding hydrogens is 391 g/mol. The molecule has 0 radical (unpaired) electrons. The van der Waals surface area contributed by atoms with Gasteiger partial charge in [0.25, 0.3) is 5.91 Å². The lowest BCUT2D eigenvalue weighted by Gasteiger charge is -2.15. The van der Waals surface area contributed by atoms with E-state index < -0.39 is 30.4 Å². The molecule has 2 aromatic rings. The van der Waals surface area contributed by atoms with Crippen LogP contribution in [-0.4, -0.2) is 30.4 Å². The van der Waals surface area contributed by atoms with Crippen molar-refractivity contribution in [2.45, 2.75) is 32.5 Å². The molecule has 0 heterocycles. The molecule has 0 aliphatic rings. The molecular formula is C20H18F3NO5. The Morgan fingerprint density at radius 1 is 1.00 bits per heavy atom. The van der Waals surface area contributed by atoms with E-state index in [4.69, 9.17) is 4.74 Å². The van der Waals surface area contributed by atoms with E-state index in [9.17, 15) is 27.6 Å². The number of benzene rings is 2. The number of ketones is 1. The predicted octanol–water partition coefficient (Wildman–Crippen LogP) is 3.96. The van der Waals surface area contributed by atoms with Crippen molar-refractivity contribution in [2.24, 2.45) is 0 Å². The molecule has 0 saturated carbocycles. The minimum absolute atomic E-state index is 0.00723. The highest BCUT2D eigenvalue weighted by atomic mass is 19.3. The number of hydrogen-bond acceptors (Lipinski definition) is 5. The van der Waals surface area contributed by atoms with E-state index >= 15 is 0 Å². The van der Waals surface area contributed by atoms with Gasteiger partial charge in [-0.1, -0.05) is 12.1 Å². The van der Waals surface area contributed by atoms with Crippen LogP contribution in [-0.2, 0) is 14.3 Å². The van der Waals surface area contributed by atoms with Crippen molar-refractivity contribution in [3.63, 3.8) is 0 Å². The second-order valence-electron chi connectivity index (χ2n) is 5.93. The second kappa shape index (κ2) is 10.3. The molecule has 2 aromatic carbocycles. The van der Waals surface area contributed by atoms with E-state index in [-0.39, 0.29) is 35.6 Å². The summed E-state index contributed by atoms with van der Waals surface area (Å²) in [6.07, 6.45) is -1.69. The lowest BCUT2D eigenvalue weighted by atomic mass is 10.1. The number of nitrogens with one attached hydrogen (secondary N) is 1. The molecule has 1 amide bonds. The van der Waals surface area contributed by atoms with Crippen molar-refractivity contribution in [1.82, 2.24) is 0 Å². The van der Waals surface area contributed by atoms with Crippen LogP contribution in [0.3, 0.4) is 0 Å². The third-order valence-electron chi connectivity index (χ3n) is 3.76. The van der Waals surface area contributed by atoms with Crippen molar-refractivity contribution in [2.75, 3.05) is 5.32 Å². The number of alkyl halides is 2. The molecule has 0 unspecified atom stereocenters. The molecule has 29 heavy (non-hydrogen) atoms. The van der Waals surface area contributed by atoms with E-state index in [1.165, 1.54) is 43.3 Å². The first-order valence-electron chi connectivity index (χ1n) is 8.59. The highest BCUT2D eigenvalue weighted by Crippen LogP contribution is 2.25. The van der Waals surface area contributed by atoms with Gasteiger partial charge in [0.05, 0.1) is 12.1 Å². The monoisotopic (exact) mass is 409 g/mol. The molecule has 1 N–H and O–H groups in total. The zero-order valence-corrected chi connectivity index (χ0v) is 15.4. The van der Waals surface area contributed by atoms with Crippen molar-refractivity contribution < 1.29 is 37.0 Å². The molecule has 0 aliphatic carbocycles. The first kappa shape index (κ1) is 21.9. The van der Waals surface area contributed by atoms with Crippen LogP contribution in [0.25, 0.3) is 0 Å². The molecule has 0 spiro atoms. The number of hydrogen-bond donors (Lipinski definition) is 1. The number of amides is 1. The topological polar surface area (TPSA) is 81.7 Å². The maximum absolute atomic E-state index is 12.9. The average molecular weight is 409 g/mol. The Morgan fingerprint density at radius 2 is 1.66 bits per heavy atom. The number of halogens is 3. The van der Waals surface area contributed by atoms with Crippen molar-refractivity contribution in [3.05, 3.63) is 59.9 Å². The third kappa shape index (κ3) is 6.95. The summed E-state index contributed by atoms with van der Waals surface area (Å²) in [6, 6.07) is 10.4. The van der Waals surface area contributed by atoms with E-state index in [1.54, 1.807) is 0 Å². The summed E-state index contributed by atoms with van der Waals surface area (Å²) in [6.45, 7) is -1.77. The van der Waals surface area contributed by atoms with Crippen molar-refractivity contribution >= 4 is 23.3 Å². The molecule has 0 aromatic heterocycles.